The molecule has 3 heterocycles. The molecule has 0 saturated heterocycles. The van der Waals surface area contributed by atoms with Crippen LogP contribution in [0.4, 0.5) is 0 Å². The molecule has 0 aliphatic carbocycles. The summed E-state index contributed by atoms with van der Waals surface area (Å²) in [7, 11) is 0. The monoisotopic (exact) mass is 390 g/mol. The lowest BCUT2D eigenvalue weighted by atomic mass is 10.2. The molecule has 0 aliphatic rings. The summed E-state index contributed by atoms with van der Waals surface area (Å²) in [5, 5.41) is 0.660. The summed E-state index contributed by atoms with van der Waals surface area (Å²) in [6.07, 6.45) is 4.44. The number of oxazole rings is 1. The maximum absolute atomic E-state index is 12.8. The molecule has 1 aromatic carbocycles. The fourth-order valence-corrected chi connectivity index (χ4v) is 2.99. The number of aromatic amines is 1. The van der Waals surface area contributed by atoms with E-state index in [4.69, 9.17) is 9.15 Å². The first kappa shape index (κ1) is 18.4. The molecular formula is C21H18N4O4. The van der Waals surface area contributed by atoms with Crippen molar-refractivity contribution in [3.05, 3.63) is 83.6 Å². The van der Waals surface area contributed by atoms with E-state index in [1.54, 1.807) is 31.5 Å². The smallest absolute Gasteiger partial charge is 0.358 e. The van der Waals surface area contributed by atoms with Crippen LogP contribution in [0.1, 0.15) is 33.3 Å². The lowest BCUT2D eigenvalue weighted by Crippen LogP contribution is -2.24. The van der Waals surface area contributed by atoms with Crippen LogP contribution in [0.15, 0.2) is 70.5 Å². The van der Waals surface area contributed by atoms with Gasteiger partial charge in [0.25, 0.3) is 5.91 Å². The van der Waals surface area contributed by atoms with Crippen molar-refractivity contribution >= 4 is 22.9 Å². The quantitative estimate of drug-likeness (QED) is 0.528. The average Bonchev–Trinajstić information content (AvgIpc) is 3.33. The molecule has 0 saturated carbocycles. The minimum atomic E-state index is -0.544. The van der Waals surface area contributed by atoms with Crippen LogP contribution >= 0.6 is 0 Å². The third kappa shape index (κ3) is 3.73. The van der Waals surface area contributed by atoms with Gasteiger partial charge < -0.3 is 14.1 Å². The Kier molecular flexibility index (Phi) is 5.07. The Morgan fingerprint density at radius 3 is 2.83 bits per heavy atom. The number of amides is 1. The molecule has 8 nitrogen and oxygen atoms in total. The number of aromatic nitrogens is 3. The number of benzene rings is 1. The molecular weight excluding hydrogens is 372 g/mol. The maximum Gasteiger partial charge on any atom is 0.358 e. The molecule has 0 unspecified atom stereocenters. The minimum Gasteiger partial charge on any atom is -0.461 e. The third-order valence-corrected chi connectivity index (χ3v) is 4.34. The molecule has 1 amide bonds. The van der Waals surface area contributed by atoms with E-state index in [0.29, 0.717) is 23.1 Å². The summed E-state index contributed by atoms with van der Waals surface area (Å²) in [5.41, 5.74) is 2.08. The Morgan fingerprint density at radius 2 is 2.03 bits per heavy atom. The highest BCUT2D eigenvalue weighted by molar-refractivity contribution is 6.06. The van der Waals surface area contributed by atoms with E-state index in [0.717, 1.165) is 5.56 Å². The topological polar surface area (TPSA) is 102 Å². The first-order chi connectivity index (χ1) is 14.2. The Bertz CT molecular complexity index is 1230. The van der Waals surface area contributed by atoms with Crippen LogP contribution in [-0.2, 0) is 11.3 Å². The standard InChI is InChI=1S/C21H18N4O4/c1-2-28-20(27)17-13-29-21(25(17)12-14-7-4-3-5-8-14)24-19(26)16-11-23-18-15(16)9-6-10-22-18/h3-11,13H,2,12H2,1H3,(H,22,23)/b24-21-. The molecule has 29 heavy (non-hydrogen) atoms. The second-order valence-corrected chi connectivity index (χ2v) is 6.21. The number of esters is 1. The van der Waals surface area contributed by atoms with Gasteiger partial charge in [-0.2, -0.15) is 4.99 Å². The van der Waals surface area contributed by atoms with Crippen molar-refractivity contribution < 1.29 is 18.7 Å². The van der Waals surface area contributed by atoms with Gasteiger partial charge in [-0.05, 0) is 24.6 Å². The highest BCUT2D eigenvalue weighted by Crippen LogP contribution is 2.16. The molecule has 0 fully saturated rings. The third-order valence-electron chi connectivity index (χ3n) is 4.34. The SMILES string of the molecule is CCOC(=O)c1co/c(=N\C(=O)c2c[nH]c3ncccc23)n1Cc1ccccc1. The lowest BCUT2D eigenvalue weighted by Gasteiger charge is -2.06. The summed E-state index contributed by atoms with van der Waals surface area (Å²) in [6, 6.07) is 13.0. The predicted octanol–water partition coefficient (Wildman–Crippen LogP) is 2.92. The van der Waals surface area contributed by atoms with Crippen molar-refractivity contribution in [1.29, 1.82) is 0 Å². The number of carbonyl (C=O) groups excluding carboxylic acids is 2. The maximum atomic E-state index is 12.8. The predicted molar refractivity (Wildman–Crippen MR) is 104 cm³/mol. The number of carbonyl (C=O) groups is 2. The largest absolute Gasteiger partial charge is 0.461 e. The van der Waals surface area contributed by atoms with Gasteiger partial charge in [0, 0.05) is 17.8 Å². The summed E-state index contributed by atoms with van der Waals surface area (Å²) >= 11 is 0. The van der Waals surface area contributed by atoms with Crippen LogP contribution in [0.2, 0.25) is 0 Å². The molecule has 0 bridgehead atoms. The van der Waals surface area contributed by atoms with Gasteiger partial charge in [-0.15, -0.1) is 0 Å². The van der Waals surface area contributed by atoms with E-state index < -0.39 is 11.9 Å². The van der Waals surface area contributed by atoms with E-state index in [1.807, 2.05) is 30.3 Å². The van der Waals surface area contributed by atoms with Gasteiger partial charge in [0.05, 0.1) is 18.7 Å². The van der Waals surface area contributed by atoms with Crippen LogP contribution in [0.25, 0.3) is 11.0 Å². The van der Waals surface area contributed by atoms with Crippen LogP contribution in [0.3, 0.4) is 0 Å². The highest BCUT2D eigenvalue weighted by atomic mass is 16.5. The Labute approximate surface area is 165 Å². The fourth-order valence-electron chi connectivity index (χ4n) is 2.99. The Hall–Kier alpha value is -3.94. The number of fused-ring (bicyclic) bond motifs is 1. The van der Waals surface area contributed by atoms with E-state index in [1.165, 1.54) is 10.8 Å². The van der Waals surface area contributed by atoms with Crippen molar-refractivity contribution in [3.8, 4) is 0 Å². The first-order valence-electron chi connectivity index (χ1n) is 9.08. The number of H-pyrrole nitrogens is 1. The van der Waals surface area contributed by atoms with Gasteiger partial charge in [-0.25, -0.2) is 9.78 Å². The van der Waals surface area contributed by atoms with Gasteiger partial charge in [0.2, 0.25) is 0 Å². The van der Waals surface area contributed by atoms with Crippen molar-refractivity contribution in [2.45, 2.75) is 13.5 Å². The number of hydrogen-bond donors (Lipinski definition) is 1. The number of hydrogen-bond acceptors (Lipinski definition) is 5. The van der Waals surface area contributed by atoms with Crippen LogP contribution in [0.5, 0.6) is 0 Å². The van der Waals surface area contributed by atoms with Gasteiger partial charge in [-0.3, -0.25) is 9.36 Å². The average molecular weight is 390 g/mol. The number of ether oxygens (including phenoxy) is 1. The van der Waals surface area contributed by atoms with Crippen molar-refractivity contribution in [3.63, 3.8) is 0 Å². The number of pyridine rings is 1. The Morgan fingerprint density at radius 1 is 1.21 bits per heavy atom. The van der Waals surface area contributed by atoms with E-state index >= 15 is 0 Å². The van der Waals surface area contributed by atoms with Crippen LogP contribution in [-0.4, -0.2) is 33.0 Å². The lowest BCUT2D eigenvalue weighted by molar-refractivity contribution is 0.0513. The number of nitrogens with zero attached hydrogens (tertiary/aromatic N) is 3. The van der Waals surface area contributed by atoms with Crippen molar-refractivity contribution in [2.75, 3.05) is 6.61 Å². The van der Waals surface area contributed by atoms with Gasteiger partial charge in [0.15, 0.2) is 5.69 Å². The second-order valence-electron chi connectivity index (χ2n) is 6.21. The number of rotatable bonds is 5. The summed E-state index contributed by atoms with van der Waals surface area (Å²) in [6.45, 7) is 2.25. The fraction of sp³-hybridized carbons (Fsp3) is 0.143. The van der Waals surface area contributed by atoms with Gasteiger partial charge >= 0.3 is 11.7 Å². The zero-order valence-electron chi connectivity index (χ0n) is 15.7. The molecule has 0 atom stereocenters. The van der Waals surface area contributed by atoms with Crippen LogP contribution in [0, 0.1) is 0 Å². The van der Waals surface area contributed by atoms with Crippen molar-refractivity contribution in [1.82, 2.24) is 14.5 Å². The molecule has 4 aromatic rings. The zero-order valence-corrected chi connectivity index (χ0v) is 15.7. The molecule has 146 valence electrons. The van der Waals surface area contributed by atoms with Crippen molar-refractivity contribution in [2.24, 2.45) is 4.99 Å². The first-order valence-corrected chi connectivity index (χ1v) is 9.08. The Balaban J connectivity index is 1.78. The molecule has 3 aromatic heterocycles. The number of nitrogens with one attached hydrogen (secondary N) is 1. The van der Waals surface area contributed by atoms with Crippen LogP contribution < -0.4 is 5.68 Å². The normalized spacial score (nSPS) is 11.7. The second kappa shape index (κ2) is 7.97. The highest BCUT2D eigenvalue weighted by Gasteiger charge is 2.18. The molecule has 8 heteroatoms. The minimum absolute atomic E-state index is 0.0140. The molecule has 0 radical (unpaired) electrons. The molecule has 1 N–H and O–H groups in total. The van der Waals surface area contributed by atoms with E-state index in [9.17, 15) is 9.59 Å². The summed E-state index contributed by atoms with van der Waals surface area (Å²) in [5.74, 6) is -1.05. The summed E-state index contributed by atoms with van der Waals surface area (Å²) < 4.78 is 12.1. The van der Waals surface area contributed by atoms with E-state index in [2.05, 4.69) is 15.0 Å². The zero-order chi connectivity index (χ0) is 20.2. The van der Waals surface area contributed by atoms with E-state index in [-0.39, 0.29) is 18.0 Å². The molecule has 4 rings (SSSR count). The molecule has 0 aliphatic heterocycles. The van der Waals surface area contributed by atoms with Gasteiger partial charge in [-0.1, -0.05) is 30.3 Å². The molecule has 0 spiro atoms. The summed E-state index contributed by atoms with van der Waals surface area (Å²) in [4.78, 5) is 36.3. The van der Waals surface area contributed by atoms with Gasteiger partial charge in [0.1, 0.15) is 11.9 Å².